The maximum absolute atomic E-state index is 12.3. The molecule has 2 aromatic heterocycles. The number of carbonyl (C=O) groups is 1. The first-order chi connectivity index (χ1) is 10.8. The van der Waals surface area contributed by atoms with Crippen LogP contribution in [-0.4, -0.2) is 47.0 Å². The Balaban J connectivity index is 1.64. The summed E-state index contributed by atoms with van der Waals surface area (Å²) in [6.07, 6.45) is 5.04. The van der Waals surface area contributed by atoms with Crippen molar-refractivity contribution in [3.8, 4) is 5.88 Å². The van der Waals surface area contributed by atoms with Crippen molar-refractivity contribution in [1.82, 2.24) is 14.9 Å². The number of rotatable bonds is 4. The highest BCUT2D eigenvalue weighted by Crippen LogP contribution is 2.17. The Morgan fingerprint density at radius 1 is 1.50 bits per heavy atom. The highest BCUT2D eigenvalue weighted by molar-refractivity contribution is 5.91. The normalized spacial score (nSPS) is 18.0. The fraction of sp³-hybridized carbons (Fsp3) is 0.400. The first kappa shape index (κ1) is 14.4. The summed E-state index contributed by atoms with van der Waals surface area (Å²) >= 11 is 0. The average molecular weight is 302 g/mol. The van der Waals surface area contributed by atoms with E-state index in [4.69, 9.17) is 9.15 Å². The summed E-state index contributed by atoms with van der Waals surface area (Å²) in [6, 6.07) is 5.21. The van der Waals surface area contributed by atoms with Crippen molar-refractivity contribution in [3.05, 3.63) is 36.4 Å². The third-order valence-corrected chi connectivity index (χ3v) is 3.61. The molecule has 0 saturated carbocycles. The second kappa shape index (κ2) is 6.46. The summed E-state index contributed by atoms with van der Waals surface area (Å²) in [5.41, 5.74) is 0. The van der Waals surface area contributed by atoms with Gasteiger partial charge in [-0.25, -0.2) is 4.98 Å². The molecule has 0 bridgehead atoms. The van der Waals surface area contributed by atoms with Crippen LogP contribution >= 0.6 is 0 Å². The van der Waals surface area contributed by atoms with E-state index in [-0.39, 0.29) is 11.9 Å². The largest absolute Gasteiger partial charge is 0.481 e. The number of nitrogens with one attached hydrogen (secondary N) is 1. The number of furan rings is 1. The summed E-state index contributed by atoms with van der Waals surface area (Å²) in [5.74, 6) is 1.31. The van der Waals surface area contributed by atoms with Gasteiger partial charge in [0.1, 0.15) is 0 Å². The number of anilines is 1. The van der Waals surface area contributed by atoms with Crippen LogP contribution in [0.5, 0.6) is 5.88 Å². The van der Waals surface area contributed by atoms with Crippen molar-refractivity contribution in [2.45, 2.75) is 18.9 Å². The van der Waals surface area contributed by atoms with E-state index >= 15 is 0 Å². The number of aromatic nitrogens is 2. The van der Waals surface area contributed by atoms with Gasteiger partial charge in [-0.3, -0.25) is 4.79 Å². The predicted octanol–water partition coefficient (Wildman–Crippen LogP) is 1.79. The Hall–Kier alpha value is -2.57. The Bertz CT molecular complexity index is 629. The highest BCUT2D eigenvalue weighted by atomic mass is 16.5. The molecular formula is C15H18N4O3. The van der Waals surface area contributed by atoms with E-state index in [1.807, 2.05) is 0 Å². The lowest BCUT2D eigenvalue weighted by Gasteiger charge is -2.32. The minimum Gasteiger partial charge on any atom is -0.481 e. The molecule has 3 heterocycles. The van der Waals surface area contributed by atoms with Crippen molar-refractivity contribution >= 4 is 11.9 Å². The molecule has 1 N–H and O–H groups in total. The number of likely N-dealkylation sites (tertiary alicyclic amines) is 1. The van der Waals surface area contributed by atoms with Crippen LogP contribution in [0.4, 0.5) is 5.95 Å². The van der Waals surface area contributed by atoms with Crippen molar-refractivity contribution in [2.24, 2.45) is 0 Å². The third kappa shape index (κ3) is 3.19. The number of piperidine rings is 1. The van der Waals surface area contributed by atoms with Crippen LogP contribution in [0.1, 0.15) is 23.4 Å². The number of ether oxygens (including phenoxy) is 1. The second-order valence-electron chi connectivity index (χ2n) is 5.13. The van der Waals surface area contributed by atoms with E-state index in [0.717, 1.165) is 19.4 Å². The van der Waals surface area contributed by atoms with Gasteiger partial charge in [0, 0.05) is 31.4 Å². The van der Waals surface area contributed by atoms with Gasteiger partial charge in [-0.05, 0) is 25.0 Å². The second-order valence-corrected chi connectivity index (χ2v) is 5.13. The SMILES string of the molecule is COc1ccnc(NC2CCCN(C(=O)c3ccco3)C2)n1. The van der Waals surface area contributed by atoms with Crippen LogP contribution in [0, 0.1) is 0 Å². The average Bonchev–Trinajstić information content (AvgIpc) is 3.09. The molecule has 1 aliphatic heterocycles. The zero-order valence-electron chi connectivity index (χ0n) is 12.4. The molecule has 116 valence electrons. The molecule has 1 unspecified atom stereocenters. The lowest BCUT2D eigenvalue weighted by molar-refractivity contribution is 0.0682. The number of amides is 1. The molecule has 1 amide bonds. The maximum atomic E-state index is 12.3. The lowest BCUT2D eigenvalue weighted by atomic mass is 10.1. The summed E-state index contributed by atoms with van der Waals surface area (Å²) in [7, 11) is 1.57. The molecule has 1 fully saturated rings. The van der Waals surface area contributed by atoms with E-state index in [9.17, 15) is 4.79 Å². The molecular weight excluding hydrogens is 284 g/mol. The predicted molar refractivity (Wildman–Crippen MR) is 79.8 cm³/mol. The van der Waals surface area contributed by atoms with E-state index < -0.39 is 0 Å². The third-order valence-electron chi connectivity index (χ3n) is 3.61. The number of hydrogen-bond acceptors (Lipinski definition) is 6. The molecule has 7 nitrogen and oxygen atoms in total. The van der Waals surface area contributed by atoms with E-state index in [1.54, 1.807) is 36.4 Å². The van der Waals surface area contributed by atoms with Gasteiger partial charge in [0.25, 0.3) is 5.91 Å². The standard InChI is InChI=1S/C15H18N4O3/c1-21-13-6-7-16-15(18-13)17-11-4-2-8-19(10-11)14(20)12-5-3-9-22-12/h3,5-7,9,11H,2,4,8,10H2,1H3,(H,16,17,18). The number of nitrogens with zero attached hydrogens (tertiary/aromatic N) is 3. The molecule has 7 heteroatoms. The van der Waals surface area contributed by atoms with E-state index in [0.29, 0.717) is 24.1 Å². The summed E-state index contributed by atoms with van der Waals surface area (Å²) in [4.78, 5) is 22.5. The molecule has 1 atom stereocenters. The summed E-state index contributed by atoms with van der Waals surface area (Å²) in [6.45, 7) is 1.33. The van der Waals surface area contributed by atoms with Crippen molar-refractivity contribution in [1.29, 1.82) is 0 Å². The Morgan fingerprint density at radius 3 is 3.18 bits per heavy atom. The fourth-order valence-electron chi connectivity index (χ4n) is 2.54. The summed E-state index contributed by atoms with van der Waals surface area (Å²) in [5, 5.41) is 3.26. The van der Waals surface area contributed by atoms with Crippen LogP contribution in [-0.2, 0) is 0 Å². The van der Waals surface area contributed by atoms with Crippen molar-refractivity contribution < 1.29 is 13.9 Å². The minimum atomic E-state index is -0.0805. The summed E-state index contributed by atoms with van der Waals surface area (Å²) < 4.78 is 10.3. The molecule has 1 aliphatic rings. The van der Waals surface area contributed by atoms with Gasteiger partial charge in [-0.1, -0.05) is 0 Å². The quantitative estimate of drug-likeness (QED) is 0.927. The Kier molecular flexibility index (Phi) is 4.22. The van der Waals surface area contributed by atoms with E-state index in [2.05, 4.69) is 15.3 Å². The topological polar surface area (TPSA) is 80.5 Å². The smallest absolute Gasteiger partial charge is 0.289 e. The molecule has 0 aliphatic carbocycles. The first-order valence-electron chi connectivity index (χ1n) is 7.22. The van der Waals surface area contributed by atoms with Crippen LogP contribution in [0.2, 0.25) is 0 Å². The highest BCUT2D eigenvalue weighted by Gasteiger charge is 2.26. The van der Waals surface area contributed by atoms with Gasteiger partial charge in [0.2, 0.25) is 11.8 Å². The van der Waals surface area contributed by atoms with Gasteiger partial charge < -0.3 is 19.4 Å². The molecule has 2 aromatic rings. The first-order valence-corrected chi connectivity index (χ1v) is 7.22. The molecule has 3 rings (SSSR count). The Morgan fingerprint density at radius 2 is 2.41 bits per heavy atom. The minimum absolute atomic E-state index is 0.0805. The Labute approximate surface area is 128 Å². The lowest BCUT2D eigenvalue weighted by Crippen LogP contribution is -2.45. The fourth-order valence-corrected chi connectivity index (χ4v) is 2.54. The zero-order valence-corrected chi connectivity index (χ0v) is 12.4. The van der Waals surface area contributed by atoms with Crippen LogP contribution < -0.4 is 10.1 Å². The maximum Gasteiger partial charge on any atom is 0.289 e. The van der Waals surface area contributed by atoms with Crippen molar-refractivity contribution in [3.63, 3.8) is 0 Å². The molecule has 0 radical (unpaired) electrons. The van der Waals surface area contributed by atoms with Gasteiger partial charge in [0.15, 0.2) is 5.76 Å². The van der Waals surface area contributed by atoms with Crippen LogP contribution in [0.3, 0.4) is 0 Å². The van der Waals surface area contributed by atoms with Crippen LogP contribution in [0.25, 0.3) is 0 Å². The van der Waals surface area contributed by atoms with Crippen LogP contribution in [0.15, 0.2) is 35.1 Å². The zero-order chi connectivity index (χ0) is 15.4. The number of hydrogen-bond donors (Lipinski definition) is 1. The van der Waals surface area contributed by atoms with Gasteiger partial charge >= 0.3 is 0 Å². The number of carbonyl (C=O) groups excluding carboxylic acids is 1. The monoisotopic (exact) mass is 302 g/mol. The molecule has 0 spiro atoms. The van der Waals surface area contributed by atoms with Gasteiger partial charge in [-0.15, -0.1) is 0 Å². The number of methoxy groups -OCH3 is 1. The van der Waals surface area contributed by atoms with E-state index in [1.165, 1.54) is 6.26 Å². The molecule has 22 heavy (non-hydrogen) atoms. The molecule has 1 saturated heterocycles. The van der Waals surface area contributed by atoms with Crippen molar-refractivity contribution in [2.75, 3.05) is 25.5 Å². The molecule has 0 aromatic carbocycles. The van der Waals surface area contributed by atoms with Gasteiger partial charge in [0.05, 0.1) is 13.4 Å². The van der Waals surface area contributed by atoms with Gasteiger partial charge in [-0.2, -0.15) is 4.98 Å².